The van der Waals surface area contributed by atoms with Crippen LogP contribution >= 0.6 is 0 Å². The van der Waals surface area contributed by atoms with Crippen LogP contribution in [0.4, 0.5) is 0 Å². The quantitative estimate of drug-likeness (QED) is 0.133. The van der Waals surface area contributed by atoms with Crippen molar-refractivity contribution >= 4 is 65.7 Å². The highest BCUT2D eigenvalue weighted by molar-refractivity contribution is 6.05. The predicted molar refractivity (Wildman–Crippen MR) is 272 cm³/mol. The molecule has 0 amide bonds. The predicted octanol–water partition coefficient (Wildman–Crippen LogP) is 11.4. The third kappa shape index (κ3) is 7.55. The van der Waals surface area contributed by atoms with Gasteiger partial charge >= 0.3 is 0 Å². The van der Waals surface area contributed by atoms with Gasteiger partial charge in [-0.05, 0) is 24.3 Å². The molecule has 0 radical (unpaired) electrons. The Labute approximate surface area is 399 Å². The minimum absolute atomic E-state index is 0.254. The molecule has 70 heavy (non-hydrogen) atoms. The van der Waals surface area contributed by atoms with Crippen molar-refractivity contribution in [3.8, 4) is 68.0 Å². The number of ether oxygens (including phenoxy) is 6. The number of para-hydroxylation sites is 4. The molecule has 1 aliphatic rings. The van der Waals surface area contributed by atoms with E-state index in [0.717, 1.165) is 88.6 Å². The number of aromatic nitrogens is 8. The van der Waals surface area contributed by atoms with Gasteiger partial charge in [-0.3, -0.25) is 0 Å². The SMILES string of the molecule is c1ccc2c(-c3nc4cc5c(cc4nc3-c3c[nH]c4ccccc34)OCCOCCOc3cc4nc(-c6c[nH]c7ccccc67)c(-c6c[nH]c7ccccc67)nc4cc3OCCOCCO5)c[nH]c2c1. The molecule has 14 nitrogen and oxygen atoms in total. The number of H-pyrrole nitrogens is 4. The highest BCUT2D eigenvalue weighted by Crippen LogP contribution is 2.42. The van der Waals surface area contributed by atoms with E-state index in [1.165, 1.54) is 0 Å². The summed E-state index contributed by atoms with van der Waals surface area (Å²) in [5, 5.41) is 4.21. The van der Waals surface area contributed by atoms with Crippen molar-refractivity contribution in [2.45, 2.75) is 0 Å². The van der Waals surface area contributed by atoms with Crippen molar-refractivity contribution in [3.63, 3.8) is 0 Å². The molecular weight excluding hydrogens is 881 g/mol. The van der Waals surface area contributed by atoms with Crippen LogP contribution in [0.15, 0.2) is 146 Å². The van der Waals surface area contributed by atoms with Crippen molar-refractivity contribution in [3.05, 3.63) is 146 Å². The van der Waals surface area contributed by atoms with Gasteiger partial charge in [0.05, 0.1) is 71.3 Å². The van der Waals surface area contributed by atoms with E-state index in [1.54, 1.807) is 0 Å². The molecule has 0 unspecified atom stereocenters. The highest BCUT2D eigenvalue weighted by atomic mass is 16.6. The van der Waals surface area contributed by atoms with Crippen LogP contribution in [0.1, 0.15) is 0 Å². The Bertz CT molecular complexity index is 3410. The minimum Gasteiger partial charge on any atom is -0.487 e. The lowest BCUT2D eigenvalue weighted by Gasteiger charge is -2.17. The van der Waals surface area contributed by atoms with Crippen LogP contribution in [0.3, 0.4) is 0 Å². The molecule has 13 rings (SSSR count). The highest BCUT2D eigenvalue weighted by Gasteiger charge is 2.23. The fraction of sp³-hybridized carbons (Fsp3) is 0.143. The molecule has 0 fully saturated rings. The standard InChI is InChI=1S/C56H44N8O6/c1-5-13-41-33(9-1)37(29-57-41)53-54(38-30-58-42-14-6-2-10-34(38)42)62-46-26-50-49(25-45(46)61-53)67-21-17-65-19-23-69-51-27-47-48(28-52(51)70-24-20-66-18-22-68-50)64-56(40-32-60-44-16-8-4-12-36(40)44)55(63-47)39-31-59-43-15-7-3-11-35(39)43/h1-16,25-32,57-60H,17-24H2. The molecule has 1 aliphatic heterocycles. The number of nitrogens with one attached hydrogen (secondary N) is 4. The molecule has 0 spiro atoms. The Kier molecular flexibility index (Phi) is 10.5. The lowest BCUT2D eigenvalue weighted by atomic mass is 10.0. The monoisotopic (exact) mass is 924 g/mol. The summed E-state index contributed by atoms with van der Waals surface area (Å²) in [7, 11) is 0. The lowest BCUT2D eigenvalue weighted by molar-refractivity contribution is 0.0641. The van der Waals surface area contributed by atoms with Crippen LogP contribution in [0, 0.1) is 0 Å². The zero-order valence-electron chi connectivity index (χ0n) is 37.8. The summed E-state index contributed by atoms with van der Waals surface area (Å²) in [5.74, 6) is 2.10. The maximum Gasteiger partial charge on any atom is 0.163 e. The first kappa shape index (κ1) is 41.5. The van der Waals surface area contributed by atoms with Crippen LogP contribution in [-0.2, 0) is 9.47 Å². The van der Waals surface area contributed by atoms with Gasteiger partial charge < -0.3 is 48.4 Å². The first-order valence-electron chi connectivity index (χ1n) is 23.3. The number of benzene rings is 6. The van der Waals surface area contributed by atoms with E-state index >= 15 is 0 Å². The van der Waals surface area contributed by atoms with Crippen molar-refractivity contribution < 1.29 is 28.4 Å². The van der Waals surface area contributed by atoms with Gasteiger partial charge in [0.25, 0.3) is 0 Å². The largest absolute Gasteiger partial charge is 0.487 e. The fourth-order valence-corrected chi connectivity index (χ4v) is 9.45. The summed E-state index contributed by atoms with van der Waals surface area (Å²) in [5.41, 5.74) is 13.5. The van der Waals surface area contributed by atoms with Crippen LogP contribution < -0.4 is 18.9 Å². The van der Waals surface area contributed by atoms with Crippen LogP contribution in [0.5, 0.6) is 23.0 Å². The van der Waals surface area contributed by atoms with Gasteiger partial charge in [0, 0.05) is 115 Å². The molecular formula is C56H44N8O6. The summed E-state index contributed by atoms with van der Waals surface area (Å²) in [6.07, 6.45) is 7.99. The van der Waals surface area contributed by atoms with Gasteiger partial charge in [0.2, 0.25) is 0 Å². The summed E-state index contributed by atoms with van der Waals surface area (Å²) in [4.78, 5) is 34.9. The summed E-state index contributed by atoms with van der Waals surface area (Å²) < 4.78 is 37.7. The van der Waals surface area contributed by atoms with Gasteiger partial charge in [0.15, 0.2) is 23.0 Å². The Morgan fingerprint density at radius 3 is 0.800 bits per heavy atom. The molecule has 14 heteroatoms. The van der Waals surface area contributed by atoms with Crippen molar-refractivity contribution in [2.24, 2.45) is 0 Å². The molecule has 12 aromatic rings. The van der Waals surface area contributed by atoms with Gasteiger partial charge in [-0.15, -0.1) is 0 Å². The second-order valence-corrected chi connectivity index (χ2v) is 17.0. The topological polar surface area (TPSA) is 170 Å². The number of fused-ring (bicyclic) bond motifs is 8. The third-order valence-corrected chi connectivity index (χ3v) is 12.8. The van der Waals surface area contributed by atoms with Crippen molar-refractivity contribution in [1.29, 1.82) is 0 Å². The zero-order valence-corrected chi connectivity index (χ0v) is 37.8. The Hall–Kier alpha value is -8.72. The second-order valence-electron chi connectivity index (χ2n) is 17.0. The number of nitrogens with zero attached hydrogens (tertiary/aromatic N) is 4. The van der Waals surface area contributed by atoms with Gasteiger partial charge in [0.1, 0.15) is 26.4 Å². The van der Waals surface area contributed by atoms with Crippen LogP contribution in [0.25, 0.3) is 111 Å². The molecule has 0 bridgehead atoms. The Balaban J connectivity index is 0.796. The molecule has 0 saturated carbocycles. The van der Waals surface area contributed by atoms with E-state index in [4.69, 9.17) is 48.4 Å². The van der Waals surface area contributed by atoms with E-state index in [2.05, 4.69) is 68.5 Å². The van der Waals surface area contributed by atoms with Crippen molar-refractivity contribution in [1.82, 2.24) is 39.9 Å². The van der Waals surface area contributed by atoms with Gasteiger partial charge in [-0.2, -0.15) is 0 Å². The van der Waals surface area contributed by atoms with Gasteiger partial charge in [-0.25, -0.2) is 19.9 Å². The number of hydrogen-bond acceptors (Lipinski definition) is 10. The van der Waals surface area contributed by atoms with Crippen molar-refractivity contribution in [2.75, 3.05) is 52.9 Å². The van der Waals surface area contributed by atoms with E-state index in [1.807, 2.05) is 97.6 Å². The summed E-state index contributed by atoms with van der Waals surface area (Å²) >= 11 is 0. The fourth-order valence-electron chi connectivity index (χ4n) is 9.45. The average Bonchev–Trinajstić information content (AvgIpc) is 4.22. The summed E-state index contributed by atoms with van der Waals surface area (Å²) in [6.45, 7) is 2.21. The molecule has 344 valence electrons. The molecule has 0 saturated heterocycles. The second kappa shape index (κ2) is 17.7. The molecule has 0 atom stereocenters. The molecule has 4 N–H and O–H groups in total. The van der Waals surface area contributed by atoms with E-state index in [0.29, 0.717) is 71.5 Å². The number of rotatable bonds is 4. The smallest absolute Gasteiger partial charge is 0.163 e. The van der Waals surface area contributed by atoms with E-state index in [9.17, 15) is 0 Å². The first-order valence-corrected chi connectivity index (χ1v) is 23.3. The Morgan fingerprint density at radius 1 is 0.300 bits per heavy atom. The molecule has 6 aromatic heterocycles. The first-order chi connectivity index (χ1) is 34.7. The average molecular weight is 925 g/mol. The number of aromatic amines is 4. The van der Waals surface area contributed by atoms with Crippen LogP contribution in [-0.4, -0.2) is 92.7 Å². The van der Waals surface area contributed by atoms with Crippen LogP contribution in [0.2, 0.25) is 0 Å². The molecule has 7 heterocycles. The normalized spacial score (nSPS) is 14.2. The van der Waals surface area contributed by atoms with Gasteiger partial charge in [-0.1, -0.05) is 72.8 Å². The maximum absolute atomic E-state index is 6.39. The Morgan fingerprint density at radius 2 is 0.543 bits per heavy atom. The molecule has 0 aliphatic carbocycles. The van der Waals surface area contributed by atoms with E-state index in [-0.39, 0.29) is 26.4 Å². The summed E-state index contributed by atoms with van der Waals surface area (Å²) in [6, 6.07) is 40.4. The maximum atomic E-state index is 6.39. The third-order valence-electron chi connectivity index (χ3n) is 12.8. The zero-order chi connectivity index (χ0) is 46.4. The molecule has 6 aromatic carbocycles. The lowest BCUT2D eigenvalue weighted by Crippen LogP contribution is -2.15. The number of hydrogen-bond donors (Lipinski definition) is 4. The minimum atomic E-state index is 0.254. The van der Waals surface area contributed by atoms with E-state index < -0.39 is 0 Å².